The van der Waals surface area contributed by atoms with E-state index in [9.17, 15) is 13.2 Å². The minimum Gasteiger partial charge on any atom is -0.478 e. The van der Waals surface area contributed by atoms with E-state index in [1.54, 1.807) is 24.3 Å². The molecule has 100 valence electrons. The first kappa shape index (κ1) is 13.1. The zero-order valence-corrected chi connectivity index (χ0v) is 9.55. The summed E-state index contributed by atoms with van der Waals surface area (Å²) in [5.74, 6) is -0.0402. The minimum absolute atomic E-state index is 0.0745. The van der Waals surface area contributed by atoms with Crippen molar-refractivity contribution in [3.05, 3.63) is 36.5 Å². The van der Waals surface area contributed by atoms with Crippen LogP contribution in [0, 0.1) is 0 Å². The molecule has 0 amide bonds. The lowest BCUT2D eigenvalue weighted by atomic mass is 10.3. The second-order valence-electron chi connectivity index (χ2n) is 3.54. The molecule has 0 radical (unpaired) electrons. The molecule has 0 fully saturated rings. The SMILES string of the molecule is FC(F)(F)COc1cnnnc1Nc1ccccc1. The molecule has 0 saturated carbocycles. The van der Waals surface area contributed by atoms with Gasteiger partial charge in [0.05, 0.1) is 6.20 Å². The molecule has 0 saturated heterocycles. The van der Waals surface area contributed by atoms with Crippen LogP contribution in [0.2, 0.25) is 0 Å². The third-order valence-corrected chi connectivity index (χ3v) is 2.03. The summed E-state index contributed by atoms with van der Waals surface area (Å²) in [6.07, 6.45) is -3.35. The van der Waals surface area contributed by atoms with E-state index in [1.165, 1.54) is 0 Å². The number of benzene rings is 1. The van der Waals surface area contributed by atoms with E-state index in [0.29, 0.717) is 5.69 Å². The highest BCUT2D eigenvalue weighted by atomic mass is 19.4. The zero-order chi connectivity index (χ0) is 13.7. The molecule has 19 heavy (non-hydrogen) atoms. The number of ether oxygens (including phenoxy) is 1. The lowest BCUT2D eigenvalue weighted by Gasteiger charge is -2.12. The maximum atomic E-state index is 12.1. The lowest BCUT2D eigenvalue weighted by Crippen LogP contribution is -2.20. The van der Waals surface area contributed by atoms with Gasteiger partial charge in [0.15, 0.2) is 18.2 Å². The number of nitrogens with zero attached hydrogens (tertiary/aromatic N) is 3. The summed E-state index contributed by atoms with van der Waals surface area (Å²) in [5, 5.41) is 13.2. The summed E-state index contributed by atoms with van der Waals surface area (Å²) in [4.78, 5) is 0. The van der Waals surface area contributed by atoms with Gasteiger partial charge in [-0.2, -0.15) is 13.2 Å². The van der Waals surface area contributed by atoms with Crippen LogP contribution in [0.5, 0.6) is 5.75 Å². The first-order chi connectivity index (χ1) is 9.04. The molecule has 1 heterocycles. The molecule has 1 aromatic carbocycles. The Kier molecular flexibility index (Phi) is 3.79. The van der Waals surface area contributed by atoms with Crippen molar-refractivity contribution in [1.82, 2.24) is 15.4 Å². The number of hydrogen-bond donors (Lipinski definition) is 1. The van der Waals surface area contributed by atoms with E-state index in [4.69, 9.17) is 0 Å². The Morgan fingerprint density at radius 1 is 1.16 bits per heavy atom. The van der Waals surface area contributed by atoms with Crippen molar-refractivity contribution in [1.29, 1.82) is 0 Å². The number of nitrogens with one attached hydrogen (secondary N) is 1. The van der Waals surface area contributed by atoms with Gasteiger partial charge in [0.1, 0.15) is 0 Å². The molecule has 5 nitrogen and oxygen atoms in total. The molecule has 0 bridgehead atoms. The van der Waals surface area contributed by atoms with Crippen LogP contribution in [0.1, 0.15) is 0 Å². The maximum Gasteiger partial charge on any atom is 0.422 e. The Labute approximate surface area is 106 Å². The van der Waals surface area contributed by atoms with Crippen LogP contribution in [-0.2, 0) is 0 Å². The smallest absolute Gasteiger partial charge is 0.422 e. The van der Waals surface area contributed by atoms with Crippen LogP contribution in [0.25, 0.3) is 0 Å². The van der Waals surface area contributed by atoms with Crippen LogP contribution < -0.4 is 10.1 Å². The van der Waals surface area contributed by atoms with Crippen LogP contribution in [-0.4, -0.2) is 28.2 Å². The van der Waals surface area contributed by atoms with Gasteiger partial charge >= 0.3 is 6.18 Å². The average molecular weight is 270 g/mol. The first-order valence-electron chi connectivity index (χ1n) is 5.24. The normalized spacial score (nSPS) is 11.1. The molecule has 0 aliphatic heterocycles. The standard InChI is InChI=1S/C11H9F3N4O/c12-11(13,14)7-19-9-6-15-18-17-10(9)16-8-4-2-1-3-5-8/h1-6H,7H2,(H,15,16,17). The highest BCUT2D eigenvalue weighted by molar-refractivity contribution is 5.60. The fraction of sp³-hybridized carbons (Fsp3) is 0.182. The summed E-state index contributed by atoms with van der Waals surface area (Å²) < 4.78 is 40.9. The molecular formula is C11H9F3N4O. The number of anilines is 2. The van der Waals surface area contributed by atoms with E-state index in [2.05, 4.69) is 25.5 Å². The van der Waals surface area contributed by atoms with Gasteiger partial charge in [-0.3, -0.25) is 0 Å². The van der Waals surface area contributed by atoms with E-state index in [-0.39, 0.29) is 11.6 Å². The molecule has 0 unspecified atom stereocenters. The van der Waals surface area contributed by atoms with Crippen LogP contribution in [0.3, 0.4) is 0 Å². The summed E-state index contributed by atoms with van der Waals surface area (Å²) in [5.41, 5.74) is 0.653. The number of halogens is 3. The van der Waals surface area contributed by atoms with E-state index in [1.807, 2.05) is 6.07 Å². The fourth-order valence-corrected chi connectivity index (χ4v) is 1.27. The molecule has 0 atom stereocenters. The van der Waals surface area contributed by atoms with Crippen molar-refractivity contribution in [2.45, 2.75) is 6.18 Å². The van der Waals surface area contributed by atoms with Gasteiger partial charge < -0.3 is 10.1 Å². The number of hydrogen-bond acceptors (Lipinski definition) is 5. The average Bonchev–Trinajstić information content (AvgIpc) is 2.38. The third kappa shape index (κ3) is 4.09. The Hall–Kier alpha value is -2.38. The van der Waals surface area contributed by atoms with Crippen molar-refractivity contribution in [3.8, 4) is 5.75 Å². The van der Waals surface area contributed by atoms with Crippen LogP contribution in [0.15, 0.2) is 36.5 Å². The Bertz CT molecular complexity index is 533. The van der Waals surface area contributed by atoms with Crippen molar-refractivity contribution >= 4 is 11.5 Å². The molecule has 8 heteroatoms. The molecule has 2 aromatic rings. The predicted molar refractivity (Wildman–Crippen MR) is 61.1 cm³/mol. The second kappa shape index (κ2) is 5.51. The Morgan fingerprint density at radius 3 is 2.58 bits per heavy atom. The number of alkyl halides is 3. The largest absolute Gasteiger partial charge is 0.478 e. The zero-order valence-electron chi connectivity index (χ0n) is 9.55. The van der Waals surface area contributed by atoms with Gasteiger partial charge in [-0.25, -0.2) is 0 Å². The Morgan fingerprint density at radius 2 is 1.89 bits per heavy atom. The summed E-state index contributed by atoms with van der Waals surface area (Å²) in [7, 11) is 0. The Balaban J connectivity index is 2.12. The van der Waals surface area contributed by atoms with Gasteiger partial charge in [0.25, 0.3) is 0 Å². The summed E-state index contributed by atoms with van der Waals surface area (Å²) >= 11 is 0. The van der Waals surface area contributed by atoms with Crippen molar-refractivity contribution < 1.29 is 17.9 Å². The maximum absolute atomic E-state index is 12.1. The third-order valence-electron chi connectivity index (χ3n) is 2.03. The number of aromatic nitrogens is 3. The van der Waals surface area contributed by atoms with Gasteiger partial charge in [-0.15, -0.1) is 10.2 Å². The highest BCUT2D eigenvalue weighted by Gasteiger charge is 2.29. The summed E-state index contributed by atoms with van der Waals surface area (Å²) in [6, 6.07) is 8.82. The first-order valence-corrected chi connectivity index (χ1v) is 5.24. The van der Waals surface area contributed by atoms with Crippen LogP contribution >= 0.6 is 0 Å². The predicted octanol–water partition coefficient (Wildman–Crippen LogP) is 2.56. The molecule has 2 rings (SSSR count). The van der Waals surface area contributed by atoms with E-state index >= 15 is 0 Å². The van der Waals surface area contributed by atoms with Crippen molar-refractivity contribution in [2.75, 3.05) is 11.9 Å². The van der Waals surface area contributed by atoms with Gasteiger partial charge in [0.2, 0.25) is 0 Å². The second-order valence-corrected chi connectivity index (χ2v) is 3.54. The van der Waals surface area contributed by atoms with Gasteiger partial charge in [0, 0.05) is 5.69 Å². The number of rotatable bonds is 4. The highest BCUT2D eigenvalue weighted by Crippen LogP contribution is 2.25. The number of para-hydroxylation sites is 1. The lowest BCUT2D eigenvalue weighted by molar-refractivity contribution is -0.153. The molecule has 1 N–H and O–H groups in total. The summed E-state index contributed by atoms with van der Waals surface area (Å²) in [6.45, 7) is -1.41. The van der Waals surface area contributed by atoms with Gasteiger partial charge in [-0.1, -0.05) is 18.2 Å². The van der Waals surface area contributed by atoms with Gasteiger partial charge in [-0.05, 0) is 17.3 Å². The van der Waals surface area contributed by atoms with E-state index in [0.717, 1.165) is 6.20 Å². The molecular weight excluding hydrogens is 261 g/mol. The molecule has 0 aliphatic carbocycles. The molecule has 0 aliphatic rings. The molecule has 0 spiro atoms. The monoisotopic (exact) mass is 270 g/mol. The molecule has 1 aromatic heterocycles. The fourth-order valence-electron chi connectivity index (χ4n) is 1.27. The topological polar surface area (TPSA) is 59.9 Å². The van der Waals surface area contributed by atoms with E-state index < -0.39 is 12.8 Å². The van der Waals surface area contributed by atoms with Crippen molar-refractivity contribution in [2.24, 2.45) is 0 Å². The van der Waals surface area contributed by atoms with Crippen molar-refractivity contribution in [3.63, 3.8) is 0 Å². The quantitative estimate of drug-likeness (QED) is 0.925. The minimum atomic E-state index is -4.42. The van der Waals surface area contributed by atoms with Crippen LogP contribution in [0.4, 0.5) is 24.7 Å².